The Kier molecular flexibility index (Phi) is 4.17. The third-order valence-corrected chi connectivity index (χ3v) is 1.90. The number of ketones is 1. The van der Waals surface area contributed by atoms with Crippen LogP contribution in [0.2, 0.25) is 0 Å². The van der Waals surface area contributed by atoms with Crippen molar-refractivity contribution in [3.8, 4) is 5.75 Å². The van der Waals surface area contributed by atoms with Crippen LogP contribution in [-0.2, 0) is 11.2 Å². The molecule has 2 heteroatoms. The van der Waals surface area contributed by atoms with Crippen molar-refractivity contribution in [3.05, 3.63) is 29.8 Å². The Bertz CT molecular complexity index is 288. The molecule has 0 aromatic heterocycles. The molecule has 0 aliphatic heterocycles. The van der Waals surface area contributed by atoms with Gasteiger partial charge in [-0.15, -0.1) is 0 Å². The molecule has 0 atom stereocenters. The SMILES string of the molecule is CCCc1ccc(OCC(C)=O)cc1. The smallest absolute Gasteiger partial charge is 0.167 e. The monoisotopic (exact) mass is 192 g/mol. The van der Waals surface area contributed by atoms with E-state index in [0.29, 0.717) is 0 Å². The fraction of sp³-hybridized carbons (Fsp3) is 0.417. The van der Waals surface area contributed by atoms with Crippen molar-refractivity contribution in [2.24, 2.45) is 0 Å². The van der Waals surface area contributed by atoms with Crippen LogP contribution in [0, 0.1) is 0 Å². The maximum atomic E-state index is 10.7. The summed E-state index contributed by atoms with van der Waals surface area (Å²) in [4.78, 5) is 10.7. The first-order valence-corrected chi connectivity index (χ1v) is 4.93. The predicted octanol–water partition coefficient (Wildman–Crippen LogP) is 2.61. The first-order valence-electron chi connectivity index (χ1n) is 4.93. The Balaban J connectivity index is 2.50. The van der Waals surface area contributed by atoms with Gasteiger partial charge in [0.1, 0.15) is 12.4 Å². The van der Waals surface area contributed by atoms with Crippen molar-refractivity contribution in [2.75, 3.05) is 6.61 Å². The normalized spacial score (nSPS) is 9.86. The van der Waals surface area contributed by atoms with Gasteiger partial charge in [0, 0.05) is 0 Å². The summed E-state index contributed by atoms with van der Waals surface area (Å²) in [5.41, 5.74) is 1.31. The average molecular weight is 192 g/mol. The minimum absolute atomic E-state index is 0.0441. The van der Waals surface area contributed by atoms with Crippen LogP contribution in [0.5, 0.6) is 5.75 Å². The number of benzene rings is 1. The minimum Gasteiger partial charge on any atom is -0.486 e. The molecule has 1 aromatic rings. The predicted molar refractivity (Wildman–Crippen MR) is 56.6 cm³/mol. The standard InChI is InChI=1S/C12H16O2/c1-3-4-11-5-7-12(8-6-11)14-9-10(2)13/h5-8H,3-4,9H2,1-2H3. The molecule has 0 amide bonds. The Morgan fingerprint density at radius 3 is 2.43 bits per heavy atom. The number of carbonyl (C=O) groups excluding carboxylic acids is 1. The molecule has 2 nitrogen and oxygen atoms in total. The van der Waals surface area contributed by atoms with Crippen molar-refractivity contribution in [1.29, 1.82) is 0 Å². The molecule has 0 saturated carbocycles. The molecule has 0 bridgehead atoms. The zero-order valence-electron chi connectivity index (χ0n) is 8.75. The molecule has 0 saturated heterocycles. The molecular weight excluding hydrogens is 176 g/mol. The highest BCUT2D eigenvalue weighted by molar-refractivity contribution is 5.77. The van der Waals surface area contributed by atoms with E-state index in [2.05, 4.69) is 6.92 Å². The maximum Gasteiger partial charge on any atom is 0.167 e. The molecule has 76 valence electrons. The second kappa shape index (κ2) is 5.43. The Morgan fingerprint density at radius 2 is 1.93 bits per heavy atom. The van der Waals surface area contributed by atoms with Crippen LogP contribution in [0.15, 0.2) is 24.3 Å². The number of aryl methyl sites for hydroxylation is 1. The lowest BCUT2D eigenvalue weighted by Crippen LogP contribution is -2.06. The van der Waals surface area contributed by atoms with Crippen molar-refractivity contribution in [1.82, 2.24) is 0 Å². The van der Waals surface area contributed by atoms with Crippen molar-refractivity contribution < 1.29 is 9.53 Å². The summed E-state index contributed by atoms with van der Waals surface area (Å²) in [6, 6.07) is 7.90. The molecule has 0 aliphatic rings. The van der Waals surface area contributed by atoms with E-state index in [1.807, 2.05) is 24.3 Å². The summed E-state index contributed by atoms with van der Waals surface area (Å²) in [6.45, 7) is 3.83. The molecular formula is C12H16O2. The van der Waals surface area contributed by atoms with Gasteiger partial charge in [0.2, 0.25) is 0 Å². The van der Waals surface area contributed by atoms with Crippen LogP contribution in [0.4, 0.5) is 0 Å². The van der Waals surface area contributed by atoms with Crippen LogP contribution < -0.4 is 4.74 Å². The summed E-state index contributed by atoms with van der Waals surface area (Å²) in [6.07, 6.45) is 2.24. The maximum absolute atomic E-state index is 10.7. The first kappa shape index (κ1) is 10.8. The van der Waals surface area contributed by atoms with Gasteiger partial charge in [0.15, 0.2) is 5.78 Å². The summed E-state index contributed by atoms with van der Waals surface area (Å²) in [5.74, 6) is 0.808. The number of carbonyl (C=O) groups is 1. The summed E-state index contributed by atoms with van der Waals surface area (Å²) in [7, 11) is 0. The third-order valence-electron chi connectivity index (χ3n) is 1.90. The molecule has 1 aromatic carbocycles. The Hall–Kier alpha value is -1.31. The van der Waals surface area contributed by atoms with Crippen LogP contribution in [0.1, 0.15) is 25.8 Å². The second-order valence-electron chi connectivity index (χ2n) is 3.38. The lowest BCUT2D eigenvalue weighted by Gasteiger charge is -2.04. The lowest BCUT2D eigenvalue weighted by atomic mass is 10.1. The highest BCUT2D eigenvalue weighted by Crippen LogP contribution is 2.13. The van der Waals surface area contributed by atoms with Crippen molar-refractivity contribution in [2.45, 2.75) is 26.7 Å². The van der Waals surface area contributed by atoms with E-state index in [1.54, 1.807) is 0 Å². The van der Waals surface area contributed by atoms with E-state index in [9.17, 15) is 4.79 Å². The van der Waals surface area contributed by atoms with Gasteiger partial charge < -0.3 is 4.74 Å². The fourth-order valence-corrected chi connectivity index (χ4v) is 1.23. The topological polar surface area (TPSA) is 26.3 Å². The molecule has 14 heavy (non-hydrogen) atoms. The van der Waals surface area contributed by atoms with Gasteiger partial charge in [0.05, 0.1) is 0 Å². The van der Waals surface area contributed by atoms with Crippen LogP contribution in [-0.4, -0.2) is 12.4 Å². The zero-order chi connectivity index (χ0) is 10.4. The van der Waals surface area contributed by atoms with Crippen molar-refractivity contribution >= 4 is 5.78 Å². The van der Waals surface area contributed by atoms with Gasteiger partial charge in [-0.1, -0.05) is 25.5 Å². The first-order chi connectivity index (χ1) is 6.72. The average Bonchev–Trinajstić information content (AvgIpc) is 2.17. The second-order valence-corrected chi connectivity index (χ2v) is 3.38. The largest absolute Gasteiger partial charge is 0.486 e. The number of hydrogen-bond donors (Lipinski definition) is 0. The van der Waals surface area contributed by atoms with E-state index >= 15 is 0 Å². The number of rotatable bonds is 5. The van der Waals surface area contributed by atoms with Gasteiger partial charge in [-0.3, -0.25) is 4.79 Å². The van der Waals surface area contributed by atoms with Crippen molar-refractivity contribution in [3.63, 3.8) is 0 Å². The van der Waals surface area contributed by atoms with Gasteiger partial charge in [-0.2, -0.15) is 0 Å². The quantitative estimate of drug-likeness (QED) is 0.716. The highest BCUT2D eigenvalue weighted by Gasteiger charge is 1.96. The summed E-state index contributed by atoms with van der Waals surface area (Å²) < 4.78 is 5.25. The number of Topliss-reactive ketones (excluding diaryl/α,β-unsaturated/α-hetero) is 1. The summed E-state index contributed by atoms with van der Waals surface area (Å²) >= 11 is 0. The van der Waals surface area contributed by atoms with Gasteiger partial charge in [0.25, 0.3) is 0 Å². The van der Waals surface area contributed by atoms with E-state index in [-0.39, 0.29) is 12.4 Å². The molecule has 0 N–H and O–H groups in total. The van der Waals surface area contributed by atoms with E-state index in [1.165, 1.54) is 12.5 Å². The van der Waals surface area contributed by atoms with Crippen LogP contribution in [0.3, 0.4) is 0 Å². The van der Waals surface area contributed by atoms with E-state index in [0.717, 1.165) is 18.6 Å². The van der Waals surface area contributed by atoms with Gasteiger partial charge in [-0.25, -0.2) is 0 Å². The van der Waals surface area contributed by atoms with Crippen LogP contribution in [0.25, 0.3) is 0 Å². The number of ether oxygens (including phenoxy) is 1. The van der Waals surface area contributed by atoms with Gasteiger partial charge in [-0.05, 0) is 31.0 Å². The van der Waals surface area contributed by atoms with E-state index < -0.39 is 0 Å². The molecule has 0 heterocycles. The molecule has 0 aliphatic carbocycles. The minimum atomic E-state index is 0.0441. The highest BCUT2D eigenvalue weighted by atomic mass is 16.5. The summed E-state index contributed by atoms with van der Waals surface area (Å²) in [5, 5.41) is 0. The lowest BCUT2D eigenvalue weighted by molar-refractivity contribution is -0.118. The molecule has 0 spiro atoms. The Morgan fingerprint density at radius 1 is 1.29 bits per heavy atom. The molecule has 0 fully saturated rings. The van der Waals surface area contributed by atoms with E-state index in [4.69, 9.17) is 4.74 Å². The number of hydrogen-bond acceptors (Lipinski definition) is 2. The molecule has 0 unspecified atom stereocenters. The molecule has 0 radical (unpaired) electrons. The Labute approximate surface area is 84.9 Å². The fourth-order valence-electron chi connectivity index (χ4n) is 1.23. The third kappa shape index (κ3) is 3.60. The zero-order valence-corrected chi connectivity index (χ0v) is 8.75. The van der Waals surface area contributed by atoms with Gasteiger partial charge >= 0.3 is 0 Å². The molecule has 1 rings (SSSR count). The van der Waals surface area contributed by atoms with Crippen LogP contribution >= 0.6 is 0 Å².